The number of hydrogen-bond acceptors (Lipinski definition) is 4. The molecular weight excluding hydrogens is 176 g/mol. The maximum atomic E-state index is 4.30. The summed E-state index contributed by atoms with van der Waals surface area (Å²) in [5.74, 6) is 0. The summed E-state index contributed by atoms with van der Waals surface area (Å²) in [6.07, 6.45) is 4.53. The van der Waals surface area contributed by atoms with E-state index in [4.69, 9.17) is 0 Å². The molecule has 76 valence electrons. The minimum absolute atomic E-state index is 0.974. The molecule has 1 saturated heterocycles. The van der Waals surface area contributed by atoms with Gasteiger partial charge in [-0.05, 0) is 6.42 Å². The molecule has 1 N–H and O–H groups in total. The minimum Gasteiger partial charge on any atom is -0.366 e. The lowest BCUT2D eigenvalue weighted by Gasteiger charge is -2.30. The first kappa shape index (κ1) is 9.40. The highest BCUT2D eigenvalue weighted by atomic mass is 15.2. The first-order valence-corrected chi connectivity index (χ1v) is 5.16. The minimum atomic E-state index is 0.974. The summed E-state index contributed by atoms with van der Waals surface area (Å²) in [7, 11) is 0. The lowest BCUT2D eigenvalue weighted by molar-refractivity contribution is 0.586. The third kappa shape index (κ3) is 1.85. The van der Waals surface area contributed by atoms with Gasteiger partial charge in [0, 0.05) is 26.2 Å². The Hall–Kier alpha value is -1.16. The van der Waals surface area contributed by atoms with Crippen molar-refractivity contribution in [3.63, 3.8) is 0 Å². The summed E-state index contributed by atoms with van der Waals surface area (Å²) < 4.78 is 0. The summed E-state index contributed by atoms with van der Waals surface area (Å²) in [6, 6.07) is 0. The van der Waals surface area contributed by atoms with E-state index in [1.807, 2.05) is 6.20 Å². The summed E-state index contributed by atoms with van der Waals surface area (Å²) in [5.41, 5.74) is 2.36. The highest BCUT2D eigenvalue weighted by molar-refractivity contribution is 5.49. The Balaban J connectivity index is 2.20. The first-order chi connectivity index (χ1) is 6.92. The van der Waals surface area contributed by atoms with Gasteiger partial charge in [0.1, 0.15) is 6.33 Å². The molecule has 4 heteroatoms. The molecule has 0 spiro atoms. The van der Waals surface area contributed by atoms with Crippen LogP contribution in [0.4, 0.5) is 5.69 Å². The van der Waals surface area contributed by atoms with E-state index in [0.29, 0.717) is 0 Å². The quantitative estimate of drug-likeness (QED) is 0.738. The number of piperazine rings is 1. The van der Waals surface area contributed by atoms with Gasteiger partial charge in [0.15, 0.2) is 0 Å². The van der Waals surface area contributed by atoms with E-state index in [2.05, 4.69) is 27.1 Å². The smallest absolute Gasteiger partial charge is 0.115 e. The van der Waals surface area contributed by atoms with Crippen molar-refractivity contribution < 1.29 is 0 Å². The van der Waals surface area contributed by atoms with Crippen LogP contribution in [-0.2, 0) is 6.42 Å². The van der Waals surface area contributed by atoms with Gasteiger partial charge >= 0.3 is 0 Å². The number of nitrogens with zero attached hydrogens (tertiary/aromatic N) is 3. The zero-order valence-electron chi connectivity index (χ0n) is 8.53. The van der Waals surface area contributed by atoms with Gasteiger partial charge in [0.2, 0.25) is 0 Å². The van der Waals surface area contributed by atoms with Crippen molar-refractivity contribution in [1.29, 1.82) is 0 Å². The number of aryl methyl sites for hydroxylation is 1. The number of aromatic nitrogens is 2. The molecular formula is C10H16N4. The van der Waals surface area contributed by atoms with Gasteiger partial charge in [-0.15, -0.1) is 0 Å². The predicted molar refractivity (Wildman–Crippen MR) is 56.5 cm³/mol. The summed E-state index contributed by atoms with van der Waals surface area (Å²) in [6.45, 7) is 6.35. The average Bonchev–Trinajstić information content (AvgIpc) is 2.30. The van der Waals surface area contributed by atoms with Crippen molar-refractivity contribution in [2.45, 2.75) is 13.3 Å². The number of rotatable bonds is 2. The standard InChI is InChI=1S/C10H16N4/c1-2-9-10(7-12-8-13-9)14-5-3-11-4-6-14/h7-8,11H,2-6H2,1H3. The van der Waals surface area contributed by atoms with Crippen molar-refractivity contribution in [3.05, 3.63) is 18.2 Å². The molecule has 0 aliphatic carbocycles. The van der Waals surface area contributed by atoms with Gasteiger partial charge in [-0.25, -0.2) is 9.97 Å². The highest BCUT2D eigenvalue weighted by Crippen LogP contribution is 2.17. The normalized spacial score (nSPS) is 17.1. The van der Waals surface area contributed by atoms with E-state index in [-0.39, 0.29) is 0 Å². The van der Waals surface area contributed by atoms with E-state index >= 15 is 0 Å². The molecule has 1 aliphatic heterocycles. The van der Waals surface area contributed by atoms with Crippen LogP contribution in [0.2, 0.25) is 0 Å². The Morgan fingerprint density at radius 3 is 2.93 bits per heavy atom. The fourth-order valence-corrected chi connectivity index (χ4v) is 1.79. The van der Waals surface area contributed by atoms with Gasteiger partial charge in [-0.1, -0.05) is 6.92 Å². The van der Waals surface area contributed by atoms with Crippen molar-refractivity contribution in [1.82, 2.24) is 15.3 Å². The van der Waals surface area contributed by atoms with Gasteiger partial charge in [-0.2, -0.15) is 0 Å². The van der Waals surface area contributed by atoms with E-state index < -0.39 is 0 Å². The van der Waals surface area contributed by atoms with Crippen LogP contribution < -0.4 is 10.2 Å². The van der Waals surface area contributed by atoms with Crippen LogP contribution >= 0.6 is 0 Å². The zero-order valence-corrected chi connectivity index (χ0v) is 8.53. The fourth-order valence-electron chi connectivity index (χ4n) is 1.79. The lowest BCUT2D eigenvalue weighted by atomic mass is 10.2. The Morgan fingerprint density at radius 2 is 2.21 bits per heavy atom. The predicted octanol–water partition coefficient (Wildman–Crippen LogP) is 0.449. The number of nitrogens with one attached hydrogen (secondary N) is 1. The third-order valence-electron chi connectivity index (χ3n) is 2.57. The van der Waals surface area contributed by atoms with Crippen LogP contribution in [0.25, 0.3) is 0 Å². The molecule has 1 aromatic rings. The Labute approximate surface area is 84.4 Å². The fraction of sp³-hybridized carbons (Fsp3) is 0.600. The Bertz CT molecular complexity index is 294. The number of hydrogen-bond donors (Lipinski definition) is 1. The average molecular weight is 192 g/mol. The van der Waals surface area contributed by atoms with Crippen LogP contribution in [-0.4, -0.2) is 36.1 Å². The monoisotopic (exact) mass is 192 g/mol. The summed E-state index contributed by atoms with van der Waals surface area (Å²) in [4.78, 5) is 10.8. The summed E-state index contributed by atoms with van der Waals surface area (Å²) in [5, 5.41) is 3.34. The van der Waals surface area contributed by atoms with Gasteiger partial charge in [-0.3, -0.25) is 0 Å². The second-order valence-corrected chi connectivity index (χ2v) is 3.45. The lowest BCUT2D eigenvalue weighted by Crippen LogP contribution is -2.44. The molecule has 0 atom stereocenters. The molecule has 2 heterocycles. The topological polar surface area (TPSA) is 41.1 Å². The van der Waals surface area contributed by atoms with Crippen LogP contribution in [0.5, 0.6) is 0 Å². The van der Waals surface area contributed by atoms with E-state index in [9.17, 15) is 0 Å². The molecule has 0 unspecified atom stereocenters. The maximum Gasteiger partial charge on any atom is 0.115 e. The largest absolute Gasteiger partial charge is 0.366 e. The highest BCUT2D eigenvalue weighted by Gasteiger charge is 2.13. The molecule has 1 aliphatic rings. The van der Waals surface area contributed by atoms with Crippen molar-refractivity contribution in [2.24, 2.45) is 0 Å². The molecule has 0 radical (unpaired) electrons. The van der Waals surface area contributed by atoms with Crippen LogP contribution in [0, 0.1) is 0 Å². The first-order valence-electron chi connectivity index (χ1n) is 5.16. The molecule has 0 amide bonds. The SMILES string of the molecule is CCc1ncncc1N1CCNCC1. The third-order valence-corrected chi connectivity index (χ3v) is 2.57. The van der Waals surface area contributed by atoms with Crippen LogP contribution in [0.1, 0.15) is 12.6 Å². The van der Waals surface area contributed by atoms with Crippen molar-refractivity contribution in [3.8, 4) is 0 Å². The molecule has 0 bridgehead atoms. The van der Waals surface area contributed by atoms with Crippen molar-refractivity contribution in [2.75, 3.05) is 31.1 Å². The number of anilines is 1. The second-order valence-electron chi connectivity index (χ2n) is 3.45. The second kappa shape index (κ2) is 4.37. The van der Waals surface area contributed by atoms with E-state index in [1.54, 1.807) is 6.33 Å². The Morgan fingerprint density at radius 1 is 1.43 bits per heavy atom. The van der Waals surface area contributed by atoms with Crippen molar-refractivity contribution >= 4 is 5.69 Å². The van der Waals surface area contributed by atoms with Crippen LogP contribution in [0.3, 0.4) is 0 Å². The van der Waals surface area contributed by atoms with Gasteiger partial charge < -0.3 is 10.2 Å². The van der Waals surface area contributed by atoms with E-state index in [1.165, 1.54) is 5.69 Å². The molecule has 4 nitrogen and oxygen atoms in total. The van der Waals surface area contributed by atoms with Gasteiger partial charge in [0.25, 0.3) is 0 Å². The molecule has 2 rings (SSSR count). The molecule has 0 saturated carbocycles. The molecule has 1 fully saturated rings. The summed E-state index contributed by atoms with van der Waals surface area (Å²) >= 11 is 0. The van der Waals surface area contributed by atoms with Gasteiger partial charge in [0.05, 0.1) is 17.6 Å². The maximum absolute atomic E-state index is 4.30. The molecule has 14 heavy (non-hydrogen) atoms. The van der Waals surface area contributed by atoms with E-state index in [0.717, 1.165) is 38.3 Å². The zero-order chi connectivity index (χ0) is 9.80. The molecule has 0 aromatic carbocycles. The van der Waals surface area contributed by atoms with Crippen LogP contribution in [0.15, 0.2) is 12.5 Å². The molecule has 1 aromatic heterocycles. The Kier molecular flexibility index (Phi) is 2.93.